The number of likely N-dealkylation sites (tertiary alicyclic amines) is 1. The molecular weight excluding hydrogens is 216 g/mol. The molecule has 0 bridgehead atoms. The second-order valence-corrected chi connectivity index (χ2v) is 5.13. The Hall–Kier alpha value is -0.610. The van der Waals surface area contributed by atoms with Crippen LogP contribution in [0.2, 0.25) is 0 Å². The van der Waals surface area contributed by atoms with Gasteiger partial charge >= 0.3 is 5.97 Å². The highest BCUT2D eigenvalue weighted by Crippen LogP contribution is 2.24. The summed E-state index contributed by atoms with van der Waals surface area (Å²) in [6, 6.07) is 1.28. The fourth-order valence-electron chi connectivity index (χ4n) is 3.13. The third-order valence-corrected chi connectivity index (χ3v) is 4.06. The minimum atomic E-state index is -0.0892. The number of hydrogen-bond acceptors (Lipinski definition) is 4. The molecule has 2 atom stereocenters. The number of carbonyl (C=O) groups excluding carboxylic acids is 1. The maximum Gasteiger partial charge on any atom is 0.306 e. The van der Waals surface area contributed by atoms with Crippen molar-refractivity contribution in [3.63, 3.8) is 0 Å². The normalized spacial score (nSPS) is 30.4. The van der Waals surface area contributed by atoms with E-state index >= 15 is 0 Å². The van der Waals surface area contributed by atoms with Crippen molar-refractivity contribution >= 4 is 5.97 Å². The van der Waals surface area contributed by atoms with Crippen LogP contribution in [0.25, 0.3) is 0 Å². The Bertz CT molecular complexity index is 252. The van der Waals surface area contributed by atoms with E-state index in [2.05, 4.69) is 10.2 Å². The standard InChI is InChI=1S/C13H24N2O2/c1-17-13(16)7-10-15-9-3-2-6-12(15)11-5-4-8-14-11/h11-12,14H,2-10H2,1H3. The average Bonchev–Trinajstić information content (AvgIpc) is 2.90. The molecule has 2 fully saturated rings. The number of carbonyl (C=O) groups is 1. The maximum absolute atomic E-state index is 11.2. The Balaban J connectivity index is 1.85. The lowest BCUT2D eigenvalue weighted by Gasteiger charge is -2.39. The van der Waals surface area contributed by atoms with Gasteiger partial charge in [0.05, 0.1) is 13.5 Å². The summed E-state index contributed by atoms with van der Waals surface area (Å²) in [5.74, 6) is -0.0892. The lowest BCUT2D eigenvalue weighted by Crippen LogP contribution is -2.50. The smallest absolute Gasteiger partial charge is 0.306 e. The SMILES string of the molecule is COC(=O)CCN1CCCCC1C1CCCN1. The number of hydrogen-bond donors (Lipinski definition) is 1. The fourth-order valence-corrected chi connectivity index (χ4v) is 3.13. The Morgan fingerprint density at radius 2 is 2.24 bits per heavy atom. The van der Waals surface area contributed by atoms with Crippen molar-refractivity contribution in [2.45, 2.75) is 50.6 Å². The number of rotatable bonds is 4. The molecule has 0 aromatic rings. The molecule has 2 aliphatic rings. The van der Waals surface area contributed by atoms with Crippen molar-refractivity contribution in [3.8, 4) is 0 Å². The molecule has 0 aromatic carbocycles. The van der Waals surface area contributed by atoms with Gasteiger partial charge in [-0.15, -0.1) is 0 Å². The van der Waals surface area contributed by atoms with Gasteiger partial charge in [-0.3, -0.25) is 9.69 Å². The zero-order valence-electron chi connectivity index (χ0n) is 10.8. The number of piperidine rings is 1. The van der Waals surface area contributed by atoms with Crippen LogP contribution in [-0.2, 0) is 9.53 Å². The Morgan fingerprint density at radius 1 is 1.35 bits per heavy atom. The molecule has 0 aliphatic carbocycles. The minimum absolute atomic E-state index is 0.0892. The van der Waals surface area contributed by atoms with E-state index in [-0.39, 0.29) is 5.97 Å². The summed E-state index contributed by atoms with van der Waals surface area (Å²) in [5, 5.41) is 3.60. The minimum Gasteiger partial charge on any atom is -0.469 e. The van der Waals surface area contributed by atoms with Crippen LogP contribution in [0.5, 0.6) is 0 Å². The van der Waals surface area contributed by atoms with Crippen molar-refractivity contribution in [1.29, 1.82) is 0 Å². The summed E-state index contributed by atoms with van der Waals surface area (Å²) in [4.78, 5) is 13.7. The number of esters is 1. The van der Waals surface area contributed by atoms with Gasteiger partial charge in [-0.25, -0.2) is 0 Å². The molecule has 17 heavy (non-hydrogen) atoms. The average molecular weight is 240 g/mol. The summed E-state index contributed by atoms with van der Waals surface area (Å²) in [7, 11) is 1.47. The quantitative estimate of drug-likeness (QED) is 0.749. The van der Waals surface area contributed by atoms with Crippen LogP contribution in [0.15, 0.2) is 0 Å². The van der Waals surface area contributed by atoms with Crippen molar-refractivity contribution < 1.29 is 9.53 Å². The molecule has 2 rings (SSSR count). The zero-order valence-corrected chi connectivity index (χ0v) is 10.8. The van der Waals surface area contributed by atoms with Crippen LogP contribution in [0, 0.1) is 0 Å². The number of methoxy groups -OCH3 is 1. The van der Waals surface area contributed by atoms with Crippen LogP contribution in [-0.4, -0.2) is 49.7 Å². The van der Waals surface area contributed by atoms with Gasteiger partial charge in [0.25, 0.3) is 0 Å². The maximum atomic E-state index is 11.2. The van der Waals surface area contributed by atoms with E-state index in [1.165, 1.54) is 39.2 Å². The van der Waals surface area contributed by atoms with Gasteiger partial charge in [0.15, 0.2) is 0 Å². The number of nitrogens with zero attached hydrogens (tertiary/aromatic N) is 1. The zero-order chi connectivity index (χ0) is 12.1. The molecule has 2 saturated heterocycles. The van der Waals surface area contributed by atoms with Crippen molar-refractivity contribution in [3.05, 3.63) is 0 Å². The summed E-state index contributed by atoms with van der Waals surface area (Å²) in [6.07, 6.45) is 6.99. The van der Waals surface area contributed by atoms with E-state index in [9.17, 15) is 4.79 Å². The van der Waals surface area contributed by atoms with Crippen LogP contribution in [0.1, 0.15) is 38.5 Å². The van der Waals surface area contributed by atoms with Gasteiger partial charge in [0, 0.05) is 18.6 Å². The molecule has 2 heterocycles. The van der Waals surface area contributed by atoms with Crippen LogP contribution < -0.4 is 5.32 Å². The summed E-state index contributed by atoms with van der Waals surface area (Å²) in [6.45, 7) is 3.15. The summed E-state index contributed by atoms with van der Waals surface area (Å²) < 4.78 is 4.72. The second kappa shape index (κ2) is 6.36. The lowest BCUT2D eigenvalue weighted by atomic mass is 9.94. The third kappa shape index (κ3) is 3.42. The van der Waals surface area contributed by atoms with Gasteiger partial charge in [-0.1, -0.05) is 6.42 Å². The van der Waals surface area contributed by atoms with E-state index in [0.717, 1.165) is 19.6 Å². The Morgan fingerprint density at radius 3 is 2.94 bits per heavy atom. The third-order valence-electron chi connectivity index (χ3n) is 4.06. The molecular formula is C13H24N2O2. The van der Waals surface area contributed by atoms with E-state index in [1.54, 1.807) is 0 Å². The van der Waals surface area contributed by atoms with Crippen LogP contribution in [0.3, 0.4) is 0 Å². The van der Waals surface area contributed by atoms with E-state index in [1.807, 2.05) is 0 Å². The highest BCUT2D eigenvalue weighted by Gasteiger charge is 2.31. The van der Waals surface area contributed by atoms with Crippen molar-refractivity contribution in [2.24, 2.45) is 0 Å². The molecule has 2 aliphatic heterocycles. The predicted molar refractivity (Wildman–Crippen MR) is 66.9 cm³/mol. The molecule has 0 aromatic heterocycles. The molecule has 2 unspecified atom stereocenters. The second-order valence-electron chi connectivity index (χ2n) is 5.13. The molecule has 0 amide bonds. The first-order valence-electron chi connectivity index (χ1n) is 6.85. The summed E-state index contributed by atoms with van der Waals surface area (Å²) >= 11 is 0. The first-order valence-corrected chi connectivity index (χ1v) is 6.85. The van der Waals surface area contributed by atoms with Gasteiger partial charge < -0.3 is 10.1 Å². The van der Waals surface area contributed by atoms with Crippen molar-refractivity contribution in [1.82, 2.24) is 10.2 Å². The number of nitrogens with one attached hydrogen (secondary N) is 1. The fraction of sp³-hybridized carbons (Fsp3) is 0.923. The van der Waals surface area contributed by atoms with E-state index in [4.69, 9.17) is 4.74 Å². The molecule has 98 valence electrons. The monoisotopic (exact) mass is 240 g/mol. The topological polar surface area (TPSA) is 41.6 Å². The first-order chi connectivity index (χ1) is 8.31. The number of ether oxygens (including phenoxy) is 1. The van der Waals surface area contributed by atoms with Gasteiger partial charge in [0.2, 0.25) is 0 Å². The molecule has 1 N–H and O–H groups in total. The molecule has 4 nitrogen and oxygen atoms in total. The highest BCUT2D eigenvalue weighted by atomic mass is 16.5. The van der Waals surface area contributed by atoms with Gasteiger partial charge in [-0.2, -0.15) is 0 Å². The highest BCUT2D eigenvalue weighted by molar-refractivity contribution is 5.69. The van der Waals surface area contributed by atoms with Crippen LogP contribution in [0.4, 0.5) is 0 Å². The van der Waals surface area contributed by atoms with Gasteiger partial charge in [-0.05, 0) is 38.8 Å². The Kier molecular flexibility index (Phi) is 4.80. The largest absolute Gasteiger partial charge is 0.469 e. The summed E-state index contributed by atoms with van der Waals surface area (Å²) in [5.41, 5.74) is 0. The molecule has 0 saturated carbocycles. The van der Waals surface area contributed by atoms with Crippen molar-refractivity contribution in [2.75, 3.05) is 26.7 Å². The predicted octanol–water partition coefficient (Wildman–Crippen LogP) is 1.16. The van der Waals surface area contributed by atoms with Gasteiger partial charge in [0.1, 0.15) is 0 Å². The molecule has 0 radical (unpaired) electrons. The Labute approximate surface area is 104 Å². The molecule has 0 spiro atoms. The first kappa shape index (κ1) is 12.8. The van der Waals surface area contributed by atoms with E-state index < -0.39 is 0 Å². The van der Waals surface area contributed by atoms with E-state index in [0.29, 0.717) is 18.5 Å². The lowest BCUT2D eigenvalue weighted by molar-refractivity contribution is -0.141. The molecule has 4 heteroatoms. The van der Waals surface area contributed by atoms with Crippen LogP contribution >= 0.6 is 0 Å².